The minimum atomic E-state index is -4.70. The fraction of sp³-hybridized carbons (Fsp3) is 0.214. The van der Waals surface area contributed by atoms with Gasteiger partial charge in [-0.1, -0.05) is 12.1 Å². The number of nitro groups is 1. The van der Waals surface area contributed by atoms with Crippen LogP contribution in [0.2, 0.25) is 0 Å². The number of alkyl halides is 3. The molecule has 1 aromatic heterocycles. The van der Waals surface area contributed by atoms with Crippen molar-refractivity contribution in [1.82, 2.24) is 4.98 Å². The molecule has 8 heteroatoms. The van der Waals surface area contributed by atoms with Crippen LogP contribution in [0.3, 0.4) is 0 Å². The van der Waals surface area contributed by atoms with Crippen LogP contribution >= 0.6 is 0 Å². The Morgan fingerprint density at radius 1 is 1.23 bits per heavy atom. The van der Waals surface area contributed by atoms with Crippen LogP contribution in [0.25, 0.3) is 0 Å². The van der Waals surface area contributed by atoms with Crippen molar-refractivity contribution in [3.63, 3.8) is 0 Å². The van der Waals surface area contributed by atoms with Gasteiger partial charge in [0.25, 0.3) is 5.69 Å². The molecular weight excluding hydrogens is 301 g/mol. The first kappa shape index (κ1) is 15.7. The summed E-state index contributed by atoms with van der Waals surface area (Å²) in [7, 11) is 0. The summed E-state index contributed by atoms with van der Waals surface area (Å²) in [5, 5.41) is 10.9. The van der Waals surface area contributed by atoms with Crippen molar-refractivity contribution in [2.75, 3.05) is 0 Å². The number of hydrogen-bond donors (Lipinski definition) is 0. The summed E-state index contributed by atoms with van der Waals surface area (Å²) in [4.78, 5) is 14.1. The lowest BCUT2D eigenvalue weighted by Gasteiger charge is -2.13. The van der Waals surface area contributed by atoms with Crippen LogP contribution < -0.4 is 4.74 Å². The summed E-state index contributed by atoms with van der Waals surface area (Å²) in [6, 6.07) is 7.58. The molecule has 0 saturated carbocycles. The Bertz CT molecular complexity index is 702. The zero-order valence-electron chi connectivity index (χ0n) is 11.4. The maximum absolute atomic E-state index is 13.0. The molecule has 2 aromatic rings. The lowest BCUT2D eigenvalue weighted by molar-refractivity contribution is -0.386. The lowest BCUT2D eigenvalue weighted by atomic mass is 10.1. The highest BCUT2D eigenvalue weighted by Gasteiger charge is 2.36. The number of benzene rings is 1. The molecule has 0 N–H and O–H groups in total. The Labute approximate surface area is 123 Å². The van der Waals surface area contributed by atoms with Gasteiger partial charge >= 0.3 is 6.18 Å². The topological polar surface area (TPSA) is 65.3 Å². The molecule has 5 nitrogen and oxygen atoms in total. The summed E-state index contributed by atoms with van der Waals surface area (Å²) in [5.41, 5.74) is -1.63. The van der Waals surface area contributed by atoms with Gasteiger partial charge in [0.15, 0.2) is 0 Å². The van der Waals surface area contributed by atoms with Crippen molar-refractivity contribution in [2.24, 2.45) is 0 Å². The number of nitrogens with zero attached hydrogens (tertiary/aromatic N) is 2. The Balaban J connectivity index is 2.37. The molecule has 116 valence electrons. The average molecular weight is 312 g/mol. The second-order valence-electron chi connectivity index (χ2n) is 4.46. The SMILES string of the molecule is Cc1cccc(OCc2c([N+](=O)[O-])cccc2C(F)(F)F)n1. The zero-order valence-corrected chi connectivity index (χ0v) is 11.4. The quantitative estimate of drug-likeness (QED) is 0.634. The first-order valence-electron chi connectivity index (χ1n) is 6.19. The molecule has 0 bridgehead atoms. The smallest absolute Gasteiger partial charge is 0.417 e. The van der Waals surface area contributed by atoms with Gasteiger partial charge < -0.3 is 4.74 Å². The van der Waals surface area contributed by atoms with Crippen LogP contribution in [0.15, 0.2) is 36.4 Å². The Morgan fingerprint density at radius 3 is 2.50 bits per heavy atom. The number of pyridine rings is 1. The highest BCUT2D eigenvalue weighted by Crippen LogP contribution is 2.36. The number of rotatable bonds is 4. The van der Waals surface area contributed by atoms with Crippen molar-refractivity contribution in [1.29, 1.82) is 0 Å². The summed E-state index contributed by atoms with van der Waals surface area (Å²) < 4.78 is 44.1. The van der Waals surface area contributed by atoms with Gasteiger partial charge in [-0.25, -0.2) is 4.98 Å². The Hall–Kier alpha value is -2.64. The van der Waals surface area contributed by atoms with Gasteiger partial charge in [0.2, 0.25) is 5.88 Å². The van der Waals surface area contributed by atoms with E-state index >= 15 is 0 Å². The summed E-state index contributed by atoms with van der Waals surface area (Å²) in [6.07, 6.45) is -4.70. The van der Waals surface area contributed by atoms with E-state index in [0.717, 1.165) is 18.2 Å². The number of ether oxygens (including phenoxy) is 1. The van der Waals surface area contributed by atoms with Crippen molar-refractivity contribution in [3.8, 4) is 5.88 Å². The maximum atomic E-state index is 13.0. The molecular formula is C14H11F3N2O3. The fourth-order valence-electron chi connectivity index (χ4n) is 1.91. The third kappa shape index (κ3) is 3.51. The minimum Gasteiger partial charge on any atom is -0.472 e. The van der Waals surface area contributed by atoms with E-state index in [1.807, 2.05) is 0 Å². The van der Waals surface area contributed by atoms with Crippen LogP contribution in [0, 0.1) is 17.0 Å². The van der Waals surface area contributed by atoms with Crippen LogP contribution in [-0.4, -0.2) is 9.91 Å². The van der Waals surface area contributed by atoms with Gasteiger partial charge in [0.05, 0.1) is 16.1 Å². The third-order valence-corrected chi connectivity index (χ3v) is 2.88. The molecule has 0 radical (unpaired) electrons. The van der Waals surface area contributed by atoms with E-state index in [-0.39, 0.29) is 5.88 Å². The molecule has 1 heterocycles. The second kappa shape index (κ2) is 6.00. The third-order valence-electron chi connectivity index (χ3n) is 2.88. The predicted molar refractivity (Wildman–Crippen MR) is 71.4 cm³/mol. The van der Waals surface area contributed by atoms with E-state index in [0.29, 0.717) is 5.69 Å². The van der Waals surface area contributed by atoms with Crippen molar-refractivity contribution in [2.45, 2.75) is 19.7 Å². The summed E-state index contributed by atoms with van der Waals surface area (Å²) in [6.45, 7) is 1.10. The molecule has 0 spiro atoms. The lowest BCUT2D eigenvalue weighted by Crippen LogP contribution is -2.13. The van der Waals surface area contributed by atoms with Crippen LogP contribution in [0.1, 0.15) is 16.8 Å². The number of hydrogen-bond acceptors (Lipinski definition) is 4. The Morgan fingerprint density at radius 2 is 1.91 bits per heavy atom. The molecule has 0 saturated heterocycles. The average Bonchev–Trinajstić information content (AvgIpc) is 2.43. The first-order chi connectivity index (χ1) is 10.3. The van der Waals surface area contributed by atoms with E-state index in [9.17, 15) is 23.3 Å². The van der Waals surface area contributed by atoms with Gasteiger partial charge in [0, 0.05) is 17.8 Å². The molecule has 0 unspecified atom stereocenters. The standard InChI is InChI=1S/C14H11F3N2O3/c1-9-4-2-7-13(18-9)22-8-10-11(14(15,16)17)5-3-6-12(10)19(20)21/h2-7H,8H2,1H3. The number of nitro benzene ring substituents is 1. The van der Waals surface area contributed by atoms with Crippen molar-refractivity contribution in [3.05, 3.63) is 63.3 Å². The second-order valence-corrected chi connectivity index (χ2v) is 4.46. The molecule has 0 atom stereocenters. The van der Waals surface area contributed by atoms with Crippen LogP contribution in [-0.2, 0) is 12.8 Å². The normalized spacial score (nSPS) is 11.3. The molecule has 2 rings (SSSR count). The predicted octanol–water partition coefficient (Wildman–Crippen LogP) is 3.90. The highest BCUT2D eigenvalue weighted by atomic mass is 19.4. The fourth-order valence-corrected chi connectivity index (χ4v) is 1.91. The van der Waals surface area contributed by atoms with E-state index in [4.69, 9.17) is 4.74 Å². The van der Waals surface area contributed by atoms with Crippen molar-refractivity contribution >= 4 is 5.69 Å². The number of aryl methyl sites for hydroxylation is 1. The molecule has 0 amide bonds. The van der Waals surface area contributed by atoms with E-state index in [2.05, 4.69) is 4.98 Å². The van der Waals surface area contributed by atoms with Gasteiger partial charge in [0.1, 0.15) is 6.61 Å². The monoisotopic (exact) mass is 312 g/mol. The molecule has 0 aliphatic carbocycles. The first-order valence-corrected chi connectivity index (χ1v) is 6.19. The molecule has 0 fully saturated rings. The van der Waals surface area contributed by atoms with Crippen LogP contribution in [0.4, 0.5) is 18.9 Å². The summed E-state index contributed by atoms with van der Waals surface area (Å²) >= 11 is 0. The molecule has 0 aliphatic rings. The van der Waals surface area contributed by atoms with E-state index in [1.54, 1.807) is 19.1 Å². The minimum absolute atomic E-state index is 0.103. The van der Waals surface area contributed by atoms with Gasteiger partial charge in [-0.05, 0) is 19.1 Å². The van der Waals surface area contributed by atoms with Gasteiger partial charge in [-0.15, -0.1) is 0 Å². The number of halogens is 3. The zero-order chi connectivity index (χ0) is 16.3. The largest absolute Gasteiger partial charge is 0.472 e. The maximum Gasteiger partial charge on any atom is 0.417 e. The van der Waals surface area contributed by atoms with Crippen LogP contribution in [0.5, 0.6) is 5.88 Å². The molecule has 22 heavy (non-hydrogen) atoms. The highest BCUT2D eigenvalue weighted by molar-refractivity contribution is 5.46. The van der Waals surface area contributed by atoms with E-state index < -0.39 is 34.5 Å². The summed E-state index contributed by atoms with van der Waals surface area (Å²) in [5.74, 6) is 0.103. The molecule has 0 aliphatic heterocycles. The van der Waals surface area contributed by atoms with Gasteiger partial charge in [-0.3, -0.25) is 10.1 Å². The van der Waals surface area contributed by atoms with Gasteiger partial charge in [-0.2, -0.15) is 13.2 Å². The van der Waals surface area contributed by atoms with E-state index in [1.165, 1.54) is 6.07 Å². The van der Waals surface area contributed by atoms with Crippen molar-refractivity contribution < 1.29 is 22.8 Å². The Kier molecular flexibility index (Phi) is 4.30. The number of aromatic nitrogens is 1. The molecule has 1 aromatic carbocycles.